The molecule has 7 heteroatoms. The Hall–Kier alpha value is -3.71. The van der Waals surface area contributed by atoms with Crippen molar-refractivity contribution in [3.8, 4) is 0 Å². The van der Waals surface area contributed by atoms with Crippen LogP contribution < -0.4 is 10.6 Å². The van der Waals surface area contributed by atoms with Crippen molar-refractivity contribution in [1.82, 2.24) is 14.7 Å². The number of thiophene rings is 1. The molecule has 2 aromatic carbocycles. The predicted molar refractivity (Wildman–Crippen MR) is 129 cm³/mol. The highest BCUT2D eigenvalue weighted by Gasteiger charge is 2.22. The maximum absolute atomic E-state index is 13.2. The molecule has 0 radical (unpaired) electrons. The van der Waals surface area contributed by atoms with E-state index in [0.717, 1.165) is 43.7 Å². The molecule has 2 N–H and O–H groups in total. The lowest BCUT2D eigenvalue weighted by Crippen LogP contribution is -2.29. The maximum Gasteiger partial charge on any atom is 0.226 e. The van der Waals surface area contributed by atoms with E-state index in [0.29, 0.717) is 0 Å². The van der Waals surface area contributed by atoms with Gasteiger partial charge in [0.15, 0.2) is 0 Å². The number of nitrogens with one attached hydrogen (secondary N) is 2. The van der Waals surface area contributed by atoms with Crippen LogP contribution in [0.25, 0.3) is 27.3 Å². The standard InChI is InChI=1S/C25H22N4O2S/c1-15-26-19-10-5-3-8-17(19)25-24(18-9-4-6-11-21(18)29(15)25)28-23(31)14-20(27-16(2)30)22-12-7-13-32-22/h3-13,20H,14H2,1-2H3,(H,27,30)(H,28,31). The van der Waals surface area contributed by atoms with Crippen molar-refractivity contribution in [2.75, 3.05) is 5.32 Å². The van der Waals surface area contributed by atoms with Crippen molar-refractivity contribution in [3.63, 3.8) is 0 Å². The normalized spacial score (nSPS) is 12.3. The number of nitrogens with zero attached hydrogens (tertiary/aromatic N) is 2. The third-order valence-corrected chi connectivity index (χ3v) is 6.54. The van der Waals surface area contributed by atoms with E-state index in [-0.39, 0.29) is 24.3 Å². The van der Waals surface area contributed by atoms with Gasteiger partial charge in [0.05, 0.1) is 34.7 Å². The molecular formula is C25H22N4O2S. The Morgan fingerprint density at radius 2 is 1.78 bits per heavy atom. The summed E-state index contributed by atoms with van der Waals surface area (Å²) in [6.07, 6.45) is 0.147. The van der Waals surface area contributed by atoms with Gasteiger partial charge in [0, 0.05) is 22.6 Å². The lowest BCUT2D eigenvalue weighted by atomic mass is 10.1. The minimum Gasteiger partial charge on any atom is -0.348 e. The van der Waals surface area contributed by atoms with Crippen LogP contribution in [0, 0.1) is 6.92 Å². The first-order valence-corrected chi connectivity index (χ1v) is 11.3. The number of amides is 2. The van der Waals surface area contributed by atoms with Crippen LogP contribution in [0.15, 0.2) is 66.0 Å². The predicted octanol–water partition coefficient (Wildman–Crippen LogP) is 5.22. The molecule has 3 heterocycles. The SMILES string of the molecule is CC(=O)NC(CC(=O)Nc1c2ccccc2n2c(C)nc3ccccc3c12)c1cccs1. The smallest absolute Gasteiger partial charge is 0.226 e. The molecule has 2 amide bonds. The minimum absolute atomic E-state index is 0.147. The van der Waals surface area contributed by atoms with E-state index in [1.54, 1.807) is 0 Å². The fourth-order valence-electron chi connectivity index (χ4n) is 4.29. The van der Waals surface area contributed by atoms with Crippen molar-refractivity contribution in [3.05, 3.63) is 76.7 Å². The Kier molecular flexibility index (Phi) is 5.11. The van der Waals surface area contributed by atoms with Crippen LogP contribution in [0.4, 0.5) is 5.69 Å². The molecule has 1 unspecified atom stereocenters. The first-order chi connectivity index (χ1) is 15.5. The highest BCUT2D eigenvalue weighted by molar-refractivity contribution is 7.10. The van der Waals surface area contributed by atoms with Gasteiger partial charge in [-0.3, -0.25) is 14.0 Å². The van der Waals surface area contributed by atoms with Crippen molar-refractivity contribution in [2.45, 2.75) is 26.3 Å². The van der Waals surface area contributed by atoms with Gasteiger partial charge in [0.1, 0.15) is 5.82 Å². The fraction of sp³-hybridized carbons (Fsp3) is 0.160. The summed E-state index contributed by atoms with van der Waals surface area (Å²) in [6, 6.07) is 19.4. The molecule has 0 spiro atoms. The molecule has 32 heavy (non-hydrogen) atoms. The number of fused-ring (bicyclic) bond motifs is 5. The van der Waals surface area contributed by atoms with Gasteiger partial charge < -0.3 is 10.6 Å². The van der Waals surface area contributed by atoms with Crippen LogP contribution in [-0.2, 0) is 9.59 Å². The second-order valence-electron chi connectivity index (χ2n) is 7.77. The van der Waals surface area contributed by atoms with E-state index in [9.17, 15) is 9.59 Å². The van der Waals surface area contributed by atoms with E-state index >= 15 is 0 Å². The minimum atomic E-state index is -0.368. The third kappa shape index (κ3) is 3.50. The van der Waals surface area contributed by atoms with Crippen LogP contribution in [0.2, 0.25) is 0 Å². The molecular weight excluding hydrogens is 420 g/mol. The van der Waals surface area contributed by atoms with Crippen LogP contribution in [0.5, 0.6) is 0 Å². The van der Waals surface area contributed by atoms with E-state index in [1.807, 2.05) is 73.0 Å². The molecule has 160 valence electrons. The summed E-state index contributed by atoms with van der Waals surface area (Å²) in [7, 11) is 0. The first-order valence-electron chi connectivity index (χ1n) is 10.4. The Morgan fingerprint density at radius 1 is 1.03 bits per heavy atom. The monoisotopic (exact) mass is 442 g/mol. The van der Waals surface area contributed by atoms with E-state index in [4.69, 9.17) is 4.98 Å². The van der Waals surface area contributed by atoms with Crippen LogP contribution >= 0.6 is 11.3 Å². The lowest BCUT2D eigenvalue weighted by Gasteiger charge is -2.16. The molecule has 0 saturated carbocycles. The molecule has 3 aromatic heterocycles. The molecule has 0 aliphatic rings. The number of hydrogen-bond acceptors (Lipinski definition) is 4. The number of carbonyl (C=O) groups excluding carboxylic acids is 2. The Balaban J connectivity index is 1.62. The summed E-state index contributed by atoms with van der Waals surface area (Å²) in [5.41, 5.74) is 3.56. The van der Waals surface area contributed by atoms with E-state index in [2.05, 4.69) is 15.0 Å². The Bertz CT molecular complexity index is 1470. The highest BCUT2D eigenvalue weighted by atomic mass is 32.1. The van der Waals surface area contributed by atoms with Crippen LogP contribution in [-0.4, -0.2) is 21.2 Å². The van der Waals surface area contributed by atoms with Gasteiger partial charge in [-0.1, -0.05) is 42.5 Å². The van der Waals surface area contributed by atoms with Crippen molar-refractivity contribution < 1.29 is 9.59 Å². The Labute approximate surface area is 188 Å². The van der Waals surface area contributed by atoms with Crippen molar-refractivity contribution in [1.29, 1.82) is 0 Å². The maximum atomic E-state index is 13.2. The first kappa shape index (κ1) is 20.2. The quantitative estimate of drug-likeness (QED) is 0.392. The zero-order chi connectivity index (χ0) is 22.2. The molecule has 0 fully saturated rings. The van der Waals surface area contributed by atoms with Crippen LogP contribution in [0.3, 0.4) is 0 Å². The summed E-state index contributed by atoms with van der Waals surface area (Å²) < 4.78 is 2.10. The van der Waals surface area contributed by atoms with Gasteiger partial charge in [-0.2, -0.15) is 0 Å². The van der Waals surface area contributed by atoms with Crippen LogP contribution in [0.1, 0.15) is 30.1 Å². The second kappa shape index (κ2) is 8.09. The topological polar surface area (TPSA) is 75.5 Å². The summed E-state index contributed by atoms with van der Waals surface area (Å²) in [5.74, 6) is 0.530. The lowest BCUT2D eigenvalue weighted by molar-refractivity contribution is -0.120. The molecule has 0 bridgehead atoms. The van der Waals surface area contributed by atoms with E-state index in [1.165, 1.54) is 18.3 Å². The van der Waals surface area contributed by atoms with Gasteiger partial charge in [-0.15, -0.1) is 11.3 Å². The summed E-state index contributed by atoms with van der Waals surface area (Å²) in [4.78, 5) is 30.7. The molecule has 0 aliphatic heterocycles. The second-order valence-corrected chi connectivity index (χ2v) is 8.75. The molecule has 6 nitrogen and oxygen atoms in total. The molecule has 0 aliphatic carbocycles. The largest absolute Gasteiger partial charge is 0.348 e. The summed E-state index contributed by atoms with van der Waals surface area (Å²) in [5, 5.41) is 9.93. The zero-order valence-electron chi connectivity index (χ0n) is 17.8. The number of hydrogen-bond donors (Lipinski definition) is 2. The van der Waals surface area contributed by atoms with Crippen molar-refractivity contribution >= 4 is 56.2 Å². The highest BCUT2D eigenvalue weighted by Crippen LogP contribution is 2.36. The fourth-order valence-corrected chi connectivity index (χ4v) is 5.06. The Morgan fingerprint density at radius 3 is 2.53 bits per heavy atom. The average Bonchev–Trinajstić information content (AvgIpc) is 3.41. The van der Waals surface area contributed by atoms with Gasteiger partial charge in [0.25, 0.3) is 0 Å². The molecule has 5 rings (SSSR count). The summed E-state index contributed by atoms with van der Waals surface area (Å²) in [6.45, 7) is 3.44. The van der Waals surface area contributed by atoms with Crippen molar-refractivity contribution in [2.24, 2.45) is 0 Å². The number of carbonyl (C=O) groups is 2. The van der Waals surface area contributed by atoms with Gasteiger partial charge in [-0.25, -0.2) is 4.98 Å². The van der Waals surface area contributed by atoms with E-state index < -0.39 is 0 Å². The van der Waals surface area contributed by atoms with Gasteiger partial charge in [0.2, 0.25) is 11.8 Å². The van der Waals surface area contributed by atoms with Gasteiger partial charge in [-0.05, 0) is 30.5 Å². The third-order valence-electron chi connectivity index (χ3n) is 5.56. The summed E-state index contributed by atoms with van der Waals surface area (Å²) >= 11 is 1.52. The number of aromatic nitrogens is 2. The number of anilines is 1. The average molecular weight is 443 g/mol. The number of aryl methyl sites for hydroxylation is 1. The number of rotatable bonds is 5. The zero-order valence-corrected chi connectivity index (χ0v) is 18.6. The molecule has 5 aromatic rings. The number of para-hydroxylation sites is 2. The number of benzene rings is 2. The molecule has 1 atom stereocenters. The molecule has 0 saturated heterocycles. The van der Waals surface area contributed by atoms with Gasteiger partial charge >= 0.3 is 0 Å².